The van der Waals surface area contributed by atoms with Crippen molar-refractivity contribution in [2.75, 3.05) is 13.7 Å². The number of benzene rings is 1. The van der Waals surface area contributed by atoms with Crippen molar-refractivity contribution in [2.24, 2.45) is 5.10 Å². The molecule has 0 aliphatic rings. The first-order valence-electron chi connectivity index (χ1n) is 6.38. The quantitative estimate of drug-likeness (QED) is 0.642. The van der Waals surface area contributed by atoms with Gasteiger partial charge in [-0.25, -0.2) is 10.2 Å². The molecule has 0 saturated carbocycles. The Hall–Kier alpha value is -2.24. The highest BCUT2D eigenvalue weighted by Gasteiger charge is 2.10. The zero-order valence-corrected chi connectivity index (χ0v) is 12.2. The molecular formula is C14H20N2O4. The fraction of sp³-hybridized carbons (Fsp3) is 0.429. The molecule has 1 aromatic carbocycles. The third-order valence-corrected chi connectivity index (χ3v) is 2.22. The second-order valence-corrected chi connectivity index (χ2v) is 4.14. The van der Waals surface area contributed by atoms with Crippen molar-refractivity contribution in [1.82, 2.24) is 5.43 Å². The van der Waals surface area contributed by atoms with Crippen LogP contribution in [0.15, 0.2) is 23.3 Å². The summed E-state index contributed by atoms with van der Waals surface area (Å²) in [4.78, 5) is 11.1. The van der Waals surface area contributed by atoms with Crippen LogP contribution in [0.4, 0.5) is 4.79 Å². The molecule has 0 bridgehead atoms. The Labute approximate surface area is 118 Å². The number of hydrogen-bond donors (Lipinski definition) is 1. The molecule has 1 aromatic rings. The number of ether oxygens (including phenoxy) is 3. The van der Waals surface area contributed by atoms with Crippen LogP contribution in [-0.2, 0) is 4.74 Å². The lowest BCUT2D eigenvalue weighted by Gasteiger charge is -2.15. The zero-order chi connectivity index (χ0) is 15.0. The van der Waals surface area contributed by atoms with Crippen LogP contribution in [0.25, 0.3) is 0 Å². The number of carbonyl (C=O) groups is 1. The summed E-state index contributed by atoms with van der Waals surface area (Å²) in [7, 11) is 1.57. The van der Waals surface area contributed by atoms with Gasteiger partial charge in [-0.05, 0) is 32.9 Å². The number of nitrogens with one attached hydrogen (secondary N) is 1. The van der Waals surface area contributed by atoms with Crippen molar-refractivity contribution in [3.05, 3.63) is 23.8 Å². The Morgan fingerprint density at radius 1 is 1.45 bits per heavy atom. The van der Waals surface area contributed by atoms with E-state index in [0.29, 0.717) is 23.7 Å². The summed E-state index contributed by atoms with van der Waals surface area (Å²) < 4.78 is 15.7. The molecule has 0 atom stereocenters. The van der Waals surface area contributed by atoms with E-state index in [4.69, 9.17) is 14.2 Å². The number of carbonyl (C=O) groups excluding carboxylic acids is 1. The minimum absolute atomic E-state index is 0.00327. The highest BCUT2D eigenvalue weighted by molar-refractivity contribution is 5.85. The van der Waals surface area contributed by atoms with Crippen LogP contribution in [0, 0.1) is 0 Å². The molecule has 0 heterocycles. The topological polar surface area (TPSA) is 69.2 Å². The van der Waals surface area contributed by atoms with Gasteiger partial charge in [-0.15, -0.1) is 0 Å². The molecule has 110 valence electrons. The van der Waals surface area contributed by atoms with Gasteiger partial charge in [0.2, 0.25) is 0 Å². The van der Waals surface area contributed by atoms with Crippen molar-refractivity contribution in [3.8, 4) is 11.5 Å². The van der Waals surface area contributed by atoms with E-state index in [9.17, 15) is 4.79 Å². The van der Waals surface area contributed by atoms with E-state index >= 15 is 0 Å². The van der Waals surface area contributed by atoms with Crippen molar-refractivity contribution >= 4 is 12.3 Å². The first kappa shape index (κ1) is 15.8. The molecule has 1 N–H and O–H groups in total. The van der Waals surface area contributed by atoms with Gasteiger partial charge in [-0.2, -0.15) is 5.10 Å². The molecule has 6 heteroatoms. The molecule has 1 rings (SSSR count). The number of hydrogen-bond acceptors (Lipinski definition) is 5. The van der Waals surface area contributed by atoms with Crippen molar-refractivity contribution in [3.63, 3.8) is 0 Å². The van der Waals surface area contributed by atoms with Crippen molar-refractivity contribution in [1.29, 1.82) is 0 Å². The molecule has 6 nitrogen and oxygen atoms in total. The number of nitrogens with zero attached hydrogens (tertiary/aromatic N) is 1. The van der Waals surface area contributed by atoms with Crippen LogP contribution < -0.4 is 14.9 Å². The monoisotopic (exact) mass is 280 g/mol. The lowest BCUT2D eigenvalue weighted by Crippen LogP contribution is -2.18. The molecule has 0 unspecified atom stereocenters. The Morgan fingerprint density at radius 2 is 2.20 bits per heavy atom. The summed E-state index contributed by atoms with van der Waals surface area (Å²) >= 11 is 0. The molecule has 0 fully saturated rings. The molecule has 1 amide bonds. The predicted octanol–water partition coefficient (Wildman–Crippen LogP) is 2.56. The standard InChI is InChI=1S/C14H20N2O4/c1-5-19-14(17)16-15-9-11-7-6-8-12(18-4)13(11)20-10(2)3/h6-10H,5H2,1-4H3,(H,16,17)/b15-9-. The molecular weight excluding hydrogens is 260 g/mol. The van der Waals surface area contributed by atoms with E-state index in [2.05, 4.69) is 10.5 Å². The summed E-state index contributed by atoms with van der Waals surface area (Å²) in [6.45, 7) is 5.86. The van der Waals surface area contributed by atoms with Crippen molar-refractivity contribution < 1.29 is 19.0 Å². The molecule has 0 aliphatic heterocycles. The zero-order valence-electron chi connectivity index (χ0n) is 12.2. The average Bonchev–Trinajstić information content (AvgIpc) is 2.40. The summed E-state index contributed by atoms with van der Waals surface area (Å²) in [5.74, 6) is 1.19. The fourth-order valence-corrected chi connectivity index (χ4v) is 1.47. The fourth-order valence-electron chi connectivity index (χ4n) is 1.47. The second kappa shape index (κ2) is 8.04. The van der Waals surface area contributed by atoms with Crippen LogP contribution in [0.5, 0.6) is 11.5 Å². The lowest BCUT2D eigenvalue weighted by atomic mass is 10.2. The number of rotatable bonds is 6. The molecule has 0 aromatic heterocycles. The van der Waals surface area contributed by atoms with Crippen molar-refractivity contribution in [2.45, 2.75) is 26.9 Å². The predicted molar refractivity (Wildman–Crippen MR) is 76.5 cm³/mol. The Kier molecular flexibility index (Phi) is 6.36. The number of amides is 1. The van der Waals surface area contributed by atoms with Crippen LogP contribution in [0.3, 0.4) is 0 Å². The van der Waals surface area contributed by atoms with Gasteiger partial charge in [-0.3, -0.25) is 0 Å². The summed E-state index contributed by atoms with van der Waals surface area (Å²) in [5.41, 5.74) is 2.97. The smallest absolute Gasteiger partial charge is 0.427 e. The van der Waals surface area contributed by atoms with Gasteiger partial charge in [0, 0.05) is 5.56 Å². The Balaban J connectivity index is 2.87. The Bertz CT molecular complexity index is 472. The lowest BCUT2D eigenvalue weighted by molar-refractivity contribution is 0.152. The van der Waals surface area contributed by atoms with Gasteiger partial charge in [0.05, 0.1) is 26.0 Å². The maximum absolute atomic E-state index is 11.1. The minimum atomic E-state index is -0.599. The number of para-hydroxylation sites is 1. The molecule has 0 spiro atoms. The van der Waals surface area contributed by atoms with E-state index in [1.54, 1.807) is 20.1 Å². The van der Waals surface area contributed by atoms with Gasteiger partial charge in [0.25, 0.3) is 0 Å². The number of hydrazone groups is 1. The Morgan fingerprint density at radius 3 is 2.80 bits per heavy atom. The maximum atomic E-state index is 11.1. The van der Waals surface area contributed by atoms with Crippen LogP contribution in [0.2, 0.25) is 0 Å². The molecule has 0 aliphatic carbocycles. The van der Waals surface area contributed by atoms with E-state index in [-0.39, 0.29) is 6.10 Å². The van der Waals surface area contributed by atoms with Gasteiger partial charge in [0.1, 0.15) is 0 Å². The van der Waals surface area contributed by atoms with Crippen LogP contribution >= 0.6 is 0 Å². The summed E-state index contributed by atoms with van der Waals surface area (Å²) in [5, 5.41) is 3.82. The largest absolute Gasteiger partial charge is 0.493 e. The molecule has 0 saturated heterocycles. The normalized spacial score (nSPS) is 10.7. The van der Waals surface area contributed by atoms with Crippen LogP contribution in [-0.4, -0.2) is 32.1 Å². The van der Waals surface area contributed by atoms with E-state index < -0.39 is 6.09 Å². The third-order valence-electron chi connectivity index (χ3n) is 2.22. The van der Waals surface area contributed by atoms with Crippen LogP contribution in [0.1, 0.15) is 26.3 Å². The maximum Gasteiger partial charge on any atom is 0.427 e. The SMILES string of the molecule is CCOC(=O)N/N=C\c1cccc(OC)c1OC(C)C. The highest BCUT2D eigenvalue weighted by atomic mass is 16.5. The van der Waals surface area contributed by atoms with Gasteiger partial charge < -0.3 is 14.2 Å². The third kappa shape index (κ3) is 4.79. The highest BCUT2D eigenvalue weighted by Crippen LogP contribution is 2.30. The molecule has 0 radical (unpaired) electrons. The van der Waals surface area contributed by atoms with E-state index in [1.165, 1.54) is 6.21 Å². The van der Waals surface area contributed by atoms with E-state index in [0.717, 1.165) is 0 Å². The first-order chi connectivity index (χ1) is 9.58. The van der Waals surface area contributed by atoms with Gasteiger partial charge in [-0.1, -0.05) is 6.07 Å². The van der Waals surface area contributed by atoms with Gasteiger partial charge >= 0.3 is 6.09 Å². The van der Waals surface area contributed by atoms with E-state index in [1.807, 2.05) is 26.0 Å². The minimum Gasteiger partial charge on any atom is -0.493 e. The summed E-state index contributed by atoms with van der Waals surface area (Å²) in [6, 6.07) is 5.43. The summed E-state index contributed by atoms with van der Waals surface area (Å²) in [6.07, 6.45) is 0.881. The average molecular weight is 280 g/mol. The second-order valence-electron chi connectivity index (χ2n) is 4.14. The van der Waals surface area contributed by atoms with Gasteiger partial charge in [0.15, 0.2) is 11.5 Å². The first-order valence-corrected chi connectivity index (χ1v) is 6.38. The molecule has 20 heavy (non-hydrogen) atoms. The number of methoxy groups -OCH3 is 1.